The number of nitrogens with zero attached hydrogens (tertiary/aromatic N) is 2. The first-order valence-electron chi connectivity index (χ1n) is 8.54. The molecule has 5 nitrogen and oxygen atoms in total. The highest BCUT2D eigenvalue weighted by molar-refractivity contribution is 14.0. The van der Waals surface area contributed by atoms with Crippen LogP contribution in [0.5, 0.6) is 0 Å². The van der Waals surface area contributed by atoms with Gasteiger partial charge in [0, 0.05) is 24.6 Å². The summed E-state index contributed by atoms with van der Waals surface area (Å²) < 4.78 is 5.79. The summed E-state index contributed by atoms with van der Waals surface area (Å²) in [5.41, 5.74) is 1.09. The van der Waals surface area contributed by atoms with Crippen molar-refractivity contribution < 1.29 is 4.74 Å². The molecule has 0 aliphatic heterocycles. The van der Waals surface area contributed by atoms with Crippen LogP contribution in [0.25, 0.3) is 0 Å². The molecule has 1 unspecified atom stereocenters. The van der Waals surface area contributed by atoms with Gasteiger partial charge in [0.2, 0.25) is 0 Å². The highest BCUT2D eigenvalue weighted by atomic mass is 127. The minimum absolute atomic E-state index is 0. The molecule has 0 aromatic carbocycles. The Morgan fingerprint density at radius 3 is 2.46 bits per heavy atom. The zero-order valence-corrected chi connectivity index (χ0v) is 19.0. The van der Waals surface area contributed by atoms with Gasteiger partial charge in [0.15, 0.2) is 5.96 Å². The summed E-state index contributed by atoms with van der Waals surface area (Å²) in [4.78, 5) is 10.4. The van der Waals surface area contributed by atoms with Crippen molar-refractivity contribution in [2.24, 2.45) is 10.9 Å². The fourth-order valence-electron chi connectivity index (χ4n) is 2.37. The molecule has 1 aromatic heterocycles. The van der Waals surface area contributed by atoms with Crippen LogP contribution < -0.4 is 10.6 Å². The Kier molecular flexibility index (Phi) is 12.7. The standard InChI is InChI=1S/C17H32N4OS.HI/c1-7-18-17(19-10-9-15(12(3)4)22-8-2)20-11-16-13(5)21-14(6)23-16;/h12,15H,7-11H2,1-6H3,(H2,18,19,20);1H. The van der Waals surface area contributed by atoms with Crippen LogP contribution in [-0.4, -0.2) is 36.7 Å². The Balaban J connectivity index is 0.00000529. The maximum absolute atomic E-state index is 5.79. The van der Waals surface area contributed by atoms with Crippen molar-refractivity contribution in [1.82, 2.24) is 15.6 Å². The van der Waals surface area contributed by atoms with Crippen LogP contribution in [0.1, 0.15) is 49.7 Å². The summed E-state index contributed by atoms with van der Waals surface area (Å²) in [7, 11) is 0. The van der Waals surface area contributed by atoms with Gasteiger partial charge in [-0.2, -0.15) is 0 Å². The Bertz CT molecular complexity index is 491. The van der Waals surface area contributed by atoms with E-state index in [0.29, 0.717) is 18.6 Å². The summed E-state index contributed by atoms with van der Waals surface area (Å²) in [6, 6.07) is 0. The topological polar surface area (TPSA) is 58.5 Å². The van der Waals surface area contributed by atoms with Crippen molar-refractivity contribution >= 4 is 41.3 Å². The SMILES string of the molecule is CCNC(=NCc1sc(C)nc1C)NCCC(OCC)C(C)C.I. The normalized spacial score (nSPS) is 12.9. The first kappa shape index (κ1) is 23.6. The Hall–Kier alpha value is -0.410. The Morgan fingerprint density at radius 2 is 1.96 bits per heavy atom. The number of rotatable bonds is 9. The second kappa shape index (κ2) is 12.9. The van der Waals surface area contributed by atoms with E-state index in [-0.39, 0.29) is 24.0 Å². The summed E-state index contributed by atoms with van der Waals surface area (Å²) in [6.45, 7) is 15.8. The third-order valence-corrected chi connectivity index (χ3v) is 4.63. The predicted molar refractivity (Wildman–Crippen MR) is 115 cm³/mol. The molecular formula is C17H33IN4OS. The first-order chi connectivity index (χ1) is 11.0. The van der Waals surface area contributed by atoms with Crippen LogP contribution >= 0.6 is 35.3 Å². The van der Waals surface area contributed by atoms with E-state index >= 15 is 0 Å². The van der Waals surface area contributed by atoms with Crippen molar-refractivity contribution in [2.45, 2.75) is 60.6 Å². The number of guanidine groups is 1. The van der Waals surface area contributed by atoms with Gasteiger partial charge in [0.25, 0.3) is 0 Å². The van der Waals surface area contributed by atoms with Gasteiger partial charge in [0.05, 0.1) is 23.4 Å². The van der Waals surface area contributed by atoms with E-state index in [4.69, 9.17) is 4.74 Å². The molecule has 1 atom stereocenters. The molecule has 0 saturated heterocycles. The van der Waals surface area contributed by atoms with Crippen LogP contribution in [-0.2, 0) is 11.3 Å². The van der Waals surface area contributed by atoms with E-state index < -0.39 is 0 Å². The number of thiazole rings is 1. The minimum Gasteiger partial charge on any atom is -0.378 e. The molecule has 2 N–H and O–H groups in total. The van der Waals surface area contributed by atoms with Crippen molar-refractivity contribution in [2.75, 3.05) is 19.7 Å². The fraction of sp³-hybridized carbons (Fsp3) is 0.765. The average Bonchev–Trinajstić information content (AvgIpc) is 2.81. The maximum Gasteiger partial charge on any atom is 0.191 e. The summed E-state index contributed by atoms with van der Waals surface area (Å²) in [6.07, 6.45) is 1.27. The van der Waals surface area contributed by atoms with Crippen LogP contribution in [0.2, 0.25) is 0 Å². The molecule has 0 aliphatic rings. The largest absolute Gasteiger partial charge is 0.378 e. The molecule has 1 heterocycles. The van der Waals surface area contributed by atoms with Crippen molar-refractivity contribution in [3.63, 3.8) is 0 Å². The third kappa shape index (κ3) is 8.62. The number of hydrogen-bond acceptors (Lipinski definition) is 4. The van der Waals surface area contributed by atoms with Crippen molar-refractivity contribution in [3.05, 3.63) is 15.6 Å². The number of aromatic nitrogens is 1. The number of halogens is 1. The molecular weight excluding hydrogens is 435 g/mol. The molecule has 0 amide bonds. The summed E-state index contributed by atoms with van der Waals surface area (Å²) in [5.74, 6) is 1.39. The van der Waals surface area contributed by atoms with Gasteiger partial charge in [0.1, 0.15) is 0 Å². The van der Waals surface area contributed by atoms with Gasteiger partial charge in [-0.25, -0.2) is 9.98 Å². The van der Waals surface area contributed by atoms with E-state index in [1.54, 1.807) is 11.3 Å². The highest BCUT2D eigenvalue weighted by Gasteiger charge is 2.13. The molecule has 0 radical (unpaired) electrons. The molecule has 24 heavy (non-hydrogen) atoms. The van der Waals surface area contributed by atoms with Gasteiger partial charge < -0.3 is 15.4 Å². The lowest BCUT2D eigenvalue weighted by atomic mass is 10.0. The van der Waals surface area contributed by atoms with E-state index in [9.17, 15) is 0 Å². The van der Waals surface area contributed by atoms with E-state index in [2.05, 4.69) is 41.4 Å². The Labute approximate surface area is 168 Å². The quantitative estimate of drug-likeness (QED) is 0.328. The number of nitrogens with one attached hydrogen (secondary N) is 2. The lowest BCUT2D eigenvalue weighted by Gasteiger charge is -2.21. The summed E-state index contributed by atoms with van der Waals surface area (Å²) in [5, 5.41) is 7.80. The van der Waals surface area contributed by atoms with Crippen molar-refractivity contribution in [1.29, 1.82) is 0 Å². The lowest BCUT2D eigenvalue weighted by Crippen LogP contribution is -2.39. The second-order valence-corrected chi connectivity index (χ2v) is 7.18. The fourth-order valence-corrected chi connectivity index (χ4v) is 3.23. The van der Waals surface area contributed by atoms with E-state index in [1.807, 2.05) is 20.8 Å². The highest BCUT2D eigenvalue weighted by Crippen LogP contribution is 2.17. The molecule has 1 rings (SSSR count). The van der Waals surface area contributed by atoms with Crippen LogP contribution in [0.4, 0.5) is 0 Å². The molecule has 0 fully saturated rings. The monoisotopic (exact) mass is 468 g/mol. The average molecular weight is 468 g/mol. The zero-order valence-electron chi connectivity index (χ0n) is 15.8. The molecule has 0 saturated carbocycles. The van der Waals surface area contributed by atoms with Crippen LogP contribution in [0.15, 0.2) is 4.99 Å². The van der Waals surface area contributed by atoms with Crippen LogP contribution in [0, 0.1) is 19.8 Å². The predicted octanol–water partition coefficient (Wildman–Crippen LogP) is 3.88. The molecule has 7 heteroatoms. The Morgan fingerprint density at radius 1 is 1.25 bits per heavy atom. The van der Waals surface area contributed by atoms with Gasteiger partial charge in [-0.05, 0) is 40.0 Å². The van der Waals surface area contributed by atoms with Gasteiger partial charge in [-0.1, -0.05) is 13.8 Å². The number of aryl methyl sites for hydroxylation is 2. The molecule has 140 valence electrons. The lowest BCUT2D eigenvalue weighted by molar-refractivity contribution is 0.0258. The van der Waals surface area contributed by atoms with Crippen molar-refractivity contribution in [3.8, 4) is 0 Å². The summed E-state index contributed by atoms with van der Waals surface area (Å²) >= 11 is 1.72. The zero-order chi connectivity index (χ0) is 17.2. The van der Waals surface area contributed by atoms with Gasteiger partial charge in [-0.3, -0.25) is 0 Å². The molecule has 0 aliphatic carbocycles. The third-order valence-electron chi connectivity index (χ3n) is 3.57. The first-order valence-corrected chi connectivity index (χ1v) is 9.36. The number of ether oxygens (including phenoxy) is 1. The minimum atomic E-state index is 0. The second-order valence-electron chi connectivity index (χ2n) is 5.89. The molecule has 1 aromatic rings. The van der Waals surface area contributed by atoms with Gasteiger partial charge >= 0.3 is 0 Å². The van der Waals surface area contributed by atoms with Gasteiger partial charge in [-0.15, -0.1) is 35.3 Å². The number of aliphatic imine (C=N–C) groups is 1. The van der Waals surface area contributed by atoms with E-state index in [0.717, 1.165) is 42.8 Å². The number of hydrogen-bond donors (Lipinski definition) is 2. The molecule has 0 spiro atoms. The van der Waals surface area contributed by atoms with E-state index in [1.165, 1.54) is 4.88 Å². The maximum atomic E-state index is 5.79. The molecule has 0 bridgehead atoms. The van der Waals surface area contributed by atoms with Crippen LogP contribution in [0.3, 0.4) is 0 Å². The smallest absolute Gasteiger partial charge is 0.191 e.